The molecule has 0 aliphatic heterocycles. The number of rotatable bonds is 4. The van der Waals surface area contributed by atoms with Gasteiger partial charge in [-0.25, -0.2) is 4.98 Å². The summed E-state index contributed by atoms with van der Waals surface area (Å²) in [5.74, 6) is 0.728. The zero-order valence-electron chi connectivity index (χ0n) is 13.5. The largest absolute Gasteiger partial charge is 0.416 e. The molecule has 0 fully saturated rings. The lowest BCUT2D eigenvalue weighted by Gasteiger charge is -2.10. The van der Waals surface area contributed by atoms with Crippen molar-refractivity contribution >= 4 is 23.2 Å². The van der Waals surface area contributed by atoms with Gasteiger partial charge in [0, 0.05) is 23.5 Å². The standard InChI is InChI=1S/C17H13F3N4O2/c1-10-8-15(24-26-10)23-16(25)11-6-7-21-14(9-11)22-13-4-2-12(3-5-13)17(18,19)20/h2-9H,1H3,(H,21,22)(H,23,24,25). The average Bonchev–Trinajstić information content (AvgIpc) is 2.99. The van der Waals surface area contributed by atoms with Crippen molar-refractivity contribution in [2.75, 3.05) is 10.6 Å². The Morgan fingerprint density at radius 3 is 2.42 bits per heavy atom. The number of carbonyl (C=O) groups excluding carboxylic acids is 1. The highest BCUT2D eigenvalue weighted by atomic mass is 19.4. The molecule has 2 heterocycles. The van der Waals surface area contributed by atoms with Crippen LogP contribution in [0.1, 0.15) is 21.7 Å². The third-order valence-corrected chi connectivity index (χ3v) is 3.38. The summed E-state index contributed by atoms with van der Waals surface area (Å²) in [6.07, 6.45) is -2.98. The number of benzene rings is 1. The second-order valence-electron chi connectivity index (χ2n) is 5.41. The summed E-state index contributed by atoms with van der Waals surface area (Å²) in [6.45, 7) is 1.70. The monoisotopic (exact) mass is 362 g/mol. The van der Waals surface area contributed by atoms with E-state index in [1.165, 1.54) is 30.5 Å². The molecule has 0 saturated carbocycles. The highest BCUT2D eigenvalue weighted by Gasteiger charge is 2.29. The van der Waals surface area contributed by atoms with Crippen molar-refractivity contribution in [1.82, 2.24) is 10.1 Å². The number of amides is 1. The SMILES string of the molecule is Cc1cc(NC(=O)c2ccnc(Nc3ccc(C(F)(F)F)cc3)c2)no1. The van der Waals surface area contributed by atoms with Gasteiger partial charge in [0.25, 0.3) is 5.91 Å². The minimum Gasteiger partial charge on any atom is -0.360 e. The molecule has 0 radical (unpaired) electrons. The number of hydrogen-bond donors (Lipinski definition) is 2. The molecule has 0 aliphatic carbocycles. The summed E-state index contributed by atoms with van der Waals surface area (Å²) in [4.78, 5) is 16.3. The van der Waals surface area contributed by atoms with Gasteiger partial charge in [-0.15, -0.1) is 0 Å². The van der Waals surface area contributed by atoms with E-state index in [2.05, 4.69) is 20.8 Å². The fraction of sp³-hybridized carbons (Fsp3) is 0.118. The maximum absolute atomic E-state index is 12.6. The van der Waals surface area contributed by atoms with Crippen LogP contribution in [0.4, 0.5) is 30.5 Å². The molecule has 26 heavy (non-hydrogen) atoms. The lowest BCUT2D eigenvalue weighted by atomic mass is 10.2. The summed E-state index contributed by atoms with van der Waals surface area (Å²) in [7, 11) is 0. The molecule has 0 saturated heterocycles. The zero-order chi connectivity index (χ0) is 18.7. The van der Waals surface area contributed by atoms with E-state index >= 15 is 0 Å². The van der Waals surface area contributed by atoms with E-state index in [-0.39, 0.29) is 5.82 Å². The van der Waals surface area contributed by atoms with Gasteiger partial charge in [-0.2, -0.15) is 13.2 Å². The Hall–Kier alpha value is -3.36. The highest BCUT2D eigenvalue weighted by Crippen LogP contribution is 2.30. The fourth-order valence-corrected chi connectivity index (χ4v) is 2.14. The average molecular weight is 362 g/mol. The van der Waals surface area contributed by atoms with Crippen LogP contribution < -0.4 is 10.6 Å². The first-order chi connectivity index (χ1) is 12.3. The minimum atomic E-state index is -4.39. The maximum Gasteiger partial charge on any atom is 0.416 e. The number of aromatic nitrogens is 2. The van der Waals surface area contributed by atoms with Gasteiger partial charge < -0.3 is 15.2 Å². The van der Waals surface area contributed by atoms with E-state index in [9.17, 15) is 18.0 Å². The Kier molecular flexibility index (Phi) is 4.61. The molecule has 1 amide bonds. The molecule has 3 rings (SSSR count). The number of pyridine rings is 1. The molecule has 2 N–H and O–H groups in total. The molecule has 1 aromatic carbocycles. The number of aryl methyl sites for hydroxylation is 1. The minimum absolute atomic E-state index is 0.279. The third-order valence-electron chi connectivity index (χ3n) is 3.38. The molecule has 6 nitrogen and oxygen atoms in total. The smallest absolute Gasteiger partial charge is 0.360 e. The van der Waals surface area contributed by atoms with Gasteiger partial charge in [-0.1, -0.05) is 5.16 Å². The van der Waals surface area contributed by atoms with Gasteiger partial charge >= 0.3 is 6.18 Å². The molecule has 134 valence electrons. The number of alkyl halides is 3. The number of anilines is 3. The summed E-state index contributed by atoms with van der Waals surface area (Å²) in [5, 5.41) is 9.09. The van der Waals surface area contributed by atoms with Gasteiger partial charge in [-0.05, 0) is 43.3 Å². The molecule has 0 aliphatic rings. The number of halogens is 3. The lowest BCUT2D eigenvalue weighted by Crippen LogP contribution is -2.12. The Balaban J connectivity index is 1.72. The van der Waals surface area contributed by atoms with Crippen molar-refractivity contribution in [3.8, 4) is 0 Å². The lowest BCUT2D eigenvalue weighted by molar-refractivity contribution is -0.137. The van der Waals surface area contributed by atoms with Crippen LogP contribution >= 0.6 is 0 Å². The van der Waals surface area contributed by atoms with Crippen molar-refractivity contribution in [3.63, 3.8) is 0 Å². The summed E-state index contributed by atoms with van der Waals surface area (Å²) in [5.41, 5.74) is -0.0303. The molecular formula is C17H13F3N4O2. The first-order valence-electron chi connectivity index (χ1n) is 7.46. The maximum atomic E-state index is 12.6. The summed E-state index contributed by atoms with van der Waals surface area (Å²) < 4.78 is 42.6. The predicted molar refractivity (Wildman–Crippen MR) is 88.2 cm³/mol. The predicted octanol–water partition coefficient (Wildman–Crippen LogP) is 4.39. The van der Waals surface area contributed by atoms with Crippen LogP contribution in [0, 0.1) is 6.92 Å². The first kappa shape index (κ1) is 17.5. The number of carbonyl (C=O) groups is 1. The molecule has 0 unspecified atom stereocenters. The van der Waals surface area contributed by atoms with Gasteiger partial charge in [0.15, 0.2) is 5.82 Å². The zero-order valence-corrected chi connectivity index (χ0v) is 13.5. The Labute approximate surface area is 146 Å². The summed E-state index contributed by atoms with van der Waals surface area (Å²) in [6, 6.07) is 9.04. The van der Waals surface area contributed by atoms with Crippen LogP contribution in [0.25, 0.3) is 0 Å². The van der Waals surface area contributed by atoms with E-state index in [4.69, 9.17) is 4.52 Å². The first-order valence-corrected chi connectivity index (χ1v) is 7.46. The Morgan fingerprint density at radius 2 is 1.81 bits per heavy atom. The van der Waals surface area contributed by atoms with Gasteiger partial charge in [-0.3, -0.25) is 4.79 Å². The second-order valence-corrected chi connectivity index (χ2v) is 5.41. The molecule has 0 bridgehead atoms. The van der Waals surface area contributed by atoms with Crippen LogP contribution in [0.3, 0.4) is 0 Å². The van der Waals surface area contributed by atoms with E-state index in [0.717, 1.165) is 12.1 Å². The number of nitrogens with zero attached hydrogens (tertiary/aromatic N) is 2. The van der Waals surface area contributed by atoms with Crippen LogP contribution in [-0.2, 0) is 6.18 Å². The van der Waals surface area contributed by atoms with E-state index in [1.807, 2.05) is 0 Å². The van der Waals surface area contributed by atoms with Crippen molar-refractivity contribution in [2.24, 2.45) is 0 Å². The van der Waals surface area contributed by atoms with Crippen LogP contribution in [-0.4, -0.2) is 16.0 Å². The van der Waals surface area contributed by atoms with Crippen molar-refractivity contribution in [1.29, 1.82) is 0 Å². The van der Waals surface area contributed by atoms with Crippen molar-refractivity contribution in [3.05, 3.63) is 65.5 Å². The Bertz CT molecular complexity index is 920. The van der Waals surface area contributed by atoms with E-state index in [0.29, 0.717) is 22.8 Å². The number of hydrogen-bond acceptors (Lipinski definition) is 5. The van der Waals surface area contributed by atoms with Gasteiger partial charge in [0.1, 0.15) is 11.6 Å². The molecule has 0 spiro atoms. The fourth-order valence-electron chi connectivity index (χ4n) is 2.14. The quantitative estimate of drug-likeness (QED) is 0.719. The van der Waals surface area contributed by atoms with Crippen molar-refractivity contribution in [2.45, 2.75) is 13.1 Å². The Morgan fingerprint density at radius 1 is 1.08 bits per heavy atom. The third kappa shape index (κ3) is 4.18. The van der Waals surface area contributed by atoms with Crippen LogP contribution in [0.2, 0.25) is 0 Å². The van der Waals surface area contributed by atoms with Gasteiger partial charge in [0.05, 0.1) is 5.56 Å². The van der Waals surface area contributed by atoms with Crippen LogP contribution in [0.15, 0.2) is 53.2 Å². The highest BCUT2D eigenvalue weighted by molar-refractivity contribution is 6.04. The molecule has 0 atom stereocenters. The molecule has 9 heteroatoms. The van der Waals surface area contributed by atoms with E-state index < -0.39 is 17.6 Å². The number of nitrogens with one attached hydrogen (secondary N) is 2. The van der Waals surface area contributed by atoms with E-state index in [1.54, 1.807) is 13.0 Å². The topological polar surface area (TPSA) is 80.0 Å². The normalized spacial score (nSPS) is 11.2. The van der Waals surface area contributed by atoms with Crippen LogP contribution in [0.5, 0.6) is 0 Å². The second kappa shape index (κ2) is 6.87. The summed E-state index contributed by atoms with van der Waals surface area (Å²) >= 11 is 0. The van der Waals surface area contributed by atoms with Gasteiger partial charge in [0.2, 0.25) is 0 Å². The van der Waals surface area contributed by atoms with Crippen molar-refractivity contribution < 1.29 is 22.5 Å². The molecular weight excluding hydrogens is 349 g/mol. The molecule has 3 aromatic rings. The molecule has 2 aromatic heterocycles.